The minimum Gasteiger partial charge on any atom is -0.399 e. The van der Waals surface area contributed by atoms with E-state index in [-0.39, 0.29) is 11.9 Å². The van der Waals surface area contributed by atoms with Crippen LogP contribution in [0.25, 0.3) is 10.9 Å². The Morgan fingerprint density at radius 1 is 1.47 bits per heavy atom. The molecule has 0 fully saturated rings. The largest absolute Gasteiger partial charge is 0.399 e. The lowest BCUT2D eigenvalue weighted by molar-refractivity contribution is 0.0696. The number of hydrogen-bond donors (Lipinski definition) is 2. The first-order valence-corrected chi connectivity index (χ1v) is 6.63. The molecule has 1 aromatic carbocycles. The van der Waals surface area contributed by atoms with E-state index in [0.717, 1.165) is 17.3 Å². The number of aromatic nitrogens is 2. The SMILES string of the molecule is CCC(C)N(CC)C(=O)c1n[nH]c2ccc(N)cc12. The Balaban J connectivity index is 2.43. The first-order valence-electron chi connectivity index (χ1n) is 6.63. The molecule has 0 aliphatic heterocycles. The molecule has 0 bridgehead atoms. The Labute approximate surface area is 112 Å². The number of nitrogen functional groups attached to an aromatic ring is 1. The number of nitrogens with zero attached hydrogens (tertiary/aromatic N) is 2. The Bertz CT molecular complexity index is 590. The summed E-state index contributed by atoms with van der Waals surface area (Å²) in [5, 5.41) is 7.81. The maximum absolute atomic E-state index is 12.6. The second-order valence-electron chi connectivity index (χ2n) is 4.73. The lowest BCUT2D eigenvalue weighted by atomic mass is 10.1. The van der Waals surface area contributed by atoms with Crippen LogP contribution in [-0.2, 0) is 0 Å². The number of carbonyl (C=O) groups is 1. The van der Waals surface area contributed by atoms with Crippen molar-refractivity contribution in [3.63, 3.8) is 0 Å². The van der Waals surface area contributed by atoms with Gasteiger partial charge in [-0.05, 0) is 38.5 Å². The van der Waals surface area contributed by atoms with Crippen LogP contribution in [0.3, 0.4) is 0 Å². The molecule has 0 radical (unpaired) electrons. The maximum atomic E-state index is 12.6. The number of hydrogen-bond acceptors (Lipinski definition) is 3. The summed E-state index contributed by atoms with van der Waals surface area (Å²) in [5.74, 6) is -0.0475. The third-order valence-electron chi connectivity index (χ3n) is 3.51. The van der Waals surface area contributed by atoms with Crippen LogP contribution < -0.4 is 5.73 Å². The molecule has 2 rings (SSSR count). The monoisotopic (exact) mass is 260 g/mol. The van der Waals surface area contributed by atoms with Crippen molar-refractivity contribution >= 4 is 22.5 Å². The average Bonchev–Trinajstić information content (AvgIpc) is 2.81. The normalized spacial score (nSPS) is 12.6. The zero-order valence-corrected chi connectivity index (χ0v) is 11.6. The molecular weight excluding hydrogens is 240 g/mol. The molecule has 19 heavy (non-hydrogen) atoms. The molecule has 1 unspecified atom stereocenters. The van der Waals surface area contributed by atoms with Gasteiger partial charge in [0, 0.05) is 23.7 Å². The molecule has 2 aromatic rings. The summed E-state index contributed by atoms with van der Waals surface area (Å²) in [7, 11) is 0. The first-order chi connectivity index (χ1) is 9.08. The highest BCUT2D eigenvalue weighted by Crippen LogP contribution is 2.21. The maximum Gasteiger partial charge on any atom is 0.275 e. The summed E-state index contributed by atoms with van der Waals surface area (Å²) in [6.07, 6.45) is 0.921. The van der Waals surface area contributed by atoms with Crippen molar-refractivity contribution < 1.29 is 4.79 Å². The van der Waals surface area contributed by atoms with Crippen molar-refractivity contribution in [1.29, 1.82) is 0 Å². The number of benzene rings is 1. The summed E-state index contributed by atoms with van der Waals surface area (Å²) in [6.45, 7) is 6.77. The number of anilines is 1. The number of carbonyl (C=O) groups excluding carboxylic acids is 1. The van der Waals surface area contributed by atoms with Gasteiger partial charge in [0.15, 0.2) is 5.69 Å². The van der Waals surface area contributed by atoms with Crippen molar-refractivity contribution in [2.75, 3.05) is 12.3 Å². The van der Waals surface area contributed by atoms with Crippen LogP contribution in [0.2, 0.25) is 0 Å². The average molecular weight is 260 g/mol. The number of fused-ring (bicyclic) bond motifs is 1. The van der Waals surface area contributed by atoms with Crippen LogP contribution in [0, 0.1) is 0 Å². The molecule has 1 aromatic heterocycles. The second-order valence-corrected chi connectivity index (χ2v) is 4.73. The molecule has 0 spiro atoms. The van der Waals surface area contributed by atoms with Gasteiger partial charge in [-0.3, -0.25) is 9.89 Å². The Morgan fingerprint density at radius 3 is 2.84 bits per heavy atom. The molecule has 1 atom stereocenters. The second kappa shape index (κ2) is 5.30. The van der Waals surface area contributed by atoms with Crippen molar-refractivity contribution in [1.82, 2.24) is 15.1 Å². The summed E-state index contributed by atoms with van der Waals surface area (Å²) < 4.78 is 0. The fourth-order valence-corrected chi connectivity index (χ4v) is 2.21. The standard InChI is InChI=1S/C14H20N4O/c1-4-9(3)18(5-2)14(19)13-11-8-10(15)6-7-12(11)16-17-13/h6-9H,4-5,15H2,1-3H3,(H,16,17). The third-order valence-corrected chi connectivity index (χ3v) is 3.51. The van der Waals surface area contributed by atoms with E-state index >= 15 is 0 Å². The zero-order chi connectivity index (χ0) is 14.0. The summed E-state index contributed by atoms with van der Waals surface area (Å²) in [5.41, 5.74) is 7.69. The molecule has 1 heterocycles. The number of rotatable bonds is 4. The first kappa shape index (κ1) is 13.4. The van der Waals surface area contributed by atoms with Crippen molar-refractivity contribution in [2.24, 2.45) is 0 Å². The van der Waals surface area contributed by atoms with Crippen molar-refractivity contribution in [3.8, 4) is 0 Å². The van der Waals surface area contributed by atoms with E-state index in [9.17, 15) is 4.79 Å². The van der Waals surface area contributed by atoms with Gasteiger partial charge in [-0.15, -0.1) is 0 Å². The predicted molar refractivity (Wildman–Crippen MR) is 77.0 cm³/mol. The van der Waals surface area contributed by atoms with Crippen LogP contribution >= 0.6 is 0 Å². The fourth-order valence-electron chi connectivity index (χ4n) is 2.21. The van der Waals surface area contributed by atoms with Crippen LogP contribution in [-0.4, -0.2) is 33.6 Å². The molecule has 5 heteroatoms. The molecule has 3 N–H and O–H groups in total. The minimum atomic E-state index is -0.0475. The van der Waals surface area contributed by atoms with Crippen molar-refractivity contribution in [3.05, 3.63) is 23.9 Å². The van der Waals surface area contributed by atoms with Crippen LogP contribution in [0.5, 0.6) is 0 Å². The minimum absolute atomic E-state index is 0.0475. The zero-order valence-electron chi connectivity index (χ0n) is 11.6. The highest BCUT2D eigenvalue weighted by molar-refractivity contribution is 6.05. The highest BCUT2D eigenvalue weighted by Gasteiger charge is 2.23. The van der Waals surface area contributed by atoms with Gasteiger partial charge in [0.1, 0.15) is 0 Å². The van der Waals surface area contributed by atoms with Crippen LogP contribution in [0.1, 0.15) is 37.7 Å². The molecule has 1 amide bonds. The molecule has 5 nitrogen and oxygen atoms in total. The van der Waals surface area contributed by atoms with Crippen LogP contribution in [0.15, 0.2) is 18.2 Å². The molecule has 102 valence electrons. The molecule has 0 aliphatic rings. The molecule has 0 saturated carbocycles. The van der Waals surface area contributed by atoms with E-state index in [4.69, 9.17) is 5.73 Å². The number of amides is 1. The topological polar surface area (TPSA) is 75.0 Å². The van der Waals surface area contributed by atoms with Gasteiger partial charge >= 0.3 is 0 Å². The van der Waals surface area contributed by atoms with Gasteiger partial charge in [0.25, 0.3) is 5.91 Å². The quantitative estimate of drug-likeness (QED) is 0.829. The number of H-pyrrole nitrogens is 1. The lowest BCUT2D eigenvalue weighted by Gasteiger charge is -2.26. The molecule has 0 saturated heterocycles. The summed E-state index contributed by atoms with van der Waals surface area (Å²) in [4.78, 5) is 14.4. The molecule has 0 aliphatic carbocycles. The predicted octanol–water partition coefficient (Wildman–Crippen LogP) is 2.41. The Morgan fingerprint density at radius 2 is 2.21 bits per heavy atom. The van der Waals surface area contributed by atoms with E-state index in [0.29, 0.717) is 17.9 Å². The van der Waals surface area contributed by atoms with E-state index in [1.807, 2.05) is 24.8 Å². The number of nitrogens with two attached hydrogens (primary N) is 1. The van der Waals surface area contributed by atoms with Gasteiger partial charge in [-0.25, -0.2) is 0 Å². The van der Waals surface area contributed by atoms with Gasteiger partial charge in [-0.2, -0.15) is 5.10 Å². The van der Waals surface area contributed by atoms with E-state index in [2.05, 4.69) is 17.1 Å². The summed E-state index contributed by atoms with van der Waals surface area (Å²) in [6, 6.07) is 5.62. The number of nitrogens with one attached hydrogen (secondary N) is 1. The van der Waals surface area contributed by atoms with Crippen LogP contribution in [0.4, 0.5) is 5.69 Å². The van der Waals surface area contributed by atoms with E-state index in [1.165, 1.54) is 0 Å². The van der Waals surface area contributed by atoms with Crippen molar-refractivity contribution in [2.45, 2.75) is 33.2 Å². The third kappa shape index (κ3) is 2.41. The van der Waals surface area contributed by atoms with E-state index < -0.39 is 0 Å². The number of aromatic amines is 1. The van der Waals surface area contributed by atoms with Gasteiger partial charge < -0.3 is 10.6 Å². The Kier molecular flexibility index (Phi) is 3.74. The van der Waals surface area contributed by atoms with Gasteiger partial charge in [-0.1, -0.05) is 6.92 Å². The smallest absolute Gasteiger partial charge is 0.275 e. The molecular formula is C14H20N4O. The highest BCUT2D eigenvalue weighted by atomic mass is 16.2. The lowest BCUT2D eigenvalue weighted by Crippen LogP contribution is -2.38. The van der Waals surface area contributed by atoms with Gasteiger partial charge in [0.05, 0.1) is 5.52 Å². The summed E-state index contributed by atoms with van der Waals surface area (Å²) >= 11 is 0. The Hall–Kier alpha value is -2.04. The van der Waals surface area contributed by atoms with E-state index in [1.54, 1.807) is 12.1 Å². The fraction of sp³-hybridized carbons (Fsp3) is 0.429. The van der Waals surface area contributed by atoms with Gasteiger partial charge in [0.2, 0.25) is 0 Å².